The van der Waals surface area contributed by atoms with E-state index >= 15 is 0 Å². The molecule has 5 nitrogen and oxygen atoms in total. The van der Waals surface area contributed by atoms with Crippen LogP contribution in [0.3, 0.4) is 0 Å². The van der Waals surface area contributed by atoms with Crippen LogP contribution in [0.1, 0.15) is 32.1 Å². The lowest BCUT2D eigenvalue weighted by molar-refractivity contribution is 0.461. The van der Waals surface area contributed by atoms with Gasteiger partial charge in [-0.25, -0.2) is 4.98 Å². The van der Waals surface area contributed by atoms with Gasteiger partial charge in [-0.05, 0) is 25.0 Å². The van der Waals surface area contributed by atoms with Gasteiger partial charge in [0.2, 0.25) is 0 Å². The standard InChI is InChI=1S/C19H23N5/c1-20-15-9-7-14(8-10-15)18-19(22-16-5-3-2-4-6-16)24-12-11-21-13-17(24)23-18/h7-13,16,20,22H,2-6H2,1H3. The quantitative estimate of drug-likeness (QED) is 0.757. The van der Waals surface area contributed by atoms with Crippen molar-refractivity contribution in [1.82, 2.24) is 14.4 Å². The van der Waals surface area contributed by atoms with Gasteiger partial charge in [-0.3, -0.25) is 9.38 Å². The second kappa shape index (κ2) is 6.51. The molecule has 5 heteroatoms. The van der Waals surface area contributed by atoms with Gasteiger partial charge in [0.1, 0.15) is 11.5 Å². The Balaban J connectivity index is 1.76. The highest BCUT2D eigenvalue weighted by Crippen LogP contribution is 2.31. The largest absolute Gasteiger partial charge is 0.388 e. The number of anilines is 2. The highest BCUT2D eigenvalue weighted by atomic mass is 15.2. The third-order valence-electron chi connectivity index (χ3n) is 4.82. The van der Waals surface area contributed by atoms with Crippen LogP contribution < -0.4 is 10.6 Å². The van der Waals surface area contributed by atoms with Crippen molar-refractivity contribution in [2.24, 2.45) is 0 Å². The zero-order chi connectivity index (χ0) is 16.4. The summed E-state index contributed by atoms with van der Waals surface area (Å²) in [6.45, 7) is 0. The minimum absolute atomic E-state index is 0.530. The van der Waals surface area contributed by atoms with Gasteiger partial charge in [0.25, 0.3) is 0 Å². The molecule has 3 aromatic rings. The molecule has 24 heavy (non-hydrogen) atoms. The molecule has 1 aromatic carbocycles. The Kier molecular flexibility index (Phi) is 4.07. The van der Waals surface area contributed by atoms with Crippen molar-refractivity contribution < 1.29 is 0 Å². The van der Waals surface area contributed by atoms with E-state index in [1.54, 1.807) is 0 Å². The van der Waals surface area contributed by atoms with Crippen LogP contribution in [0.4, 0.5) is 11.5 Å². The third-order valence-corrected chi connectivity index (χ3v) is 4.82. The van der Waals surface area contributed by atoms with Crippen LogP contribution in [-0.2, 0) is 0 Å². The maximum Gasteiger partial charge on any atom is 0.157 e. The van der Waals surface area contributed by atoms with Crippen LogP contribution in [0.15, 0.2) is 42.9 Å². The number of nitrogens with zero attached hydrogens (tertiary/aromatic N) is 3. The summed E-state index contributed by atoms with van der Waals surface area (Å²) in [5, 5.41) is 6.92. The first kappa shape index (κ1) is 15.0. The minimum Gasteiger partial charge on any atom is -0.388 e. The molecule has 0 bridgehead atoms. The van der Waals surface area contributed by atoms with Crippen molar-refractivity contribution in [3.63, 3.8) is 0 Å². The fraction of sp³-hybridized carbons (Fsp3) is 0.368. The van der Waals surface area contributed by atoms with Gasteiger partial charge in [0, 0.05) is 36.7 Å². The third kappa shape index (κ3) is 2.82. The summed E-state index contributed by atoms with van der Waals surface area (Å²) in [4.78, 5) is 9.04. The summed E-state index contributed by atoms with van der Waals surface area (Å²) in [6, 6.07) is 8.94. The molecule has 1 aliphatic carbocycles. The van der Waals surface area contributed by atoms with E-state index in [1.807, 2.05) is 25.6 Å². The Morgan fingerprint density at radius 1 is 1.08 bits per heavy atom. The van der Waals surface area contributed by atoms with Crippen molar-refractivity contribution in [2.45, 2.75) is 38.1 Å². The van der Waals surface area contributed by atoms with Crippen LogP contribution >= 0.6 is 0 Å². The van der Waals surface area contributed by atoms with Gasteiger partial charge in [0.15, 0.2) is 5.65 Å². The molecule has 0 unspecified atom stereocenters. The molecule has 124 valence electrons. The lowest BCUT2D eigenvalue weighted by Crippen LogP contribution is -2.23. The number of fused-ring (bicyclic) bond motifs is 1. The lowest BCUT2D eigenvalue weighted by Gasteiger charge is -2.24. The zero-order valence-electron chi connectivity index (χ0n) is 14.0. The van der Waals surface area contributed by atoms with E-state index in [9.17, 15) is 0 Å². The first-order valence-corrected chi connectivity index (χ1v) is 8.72. The topological polar surface area (TPSA) is 54.2 Å². The second-order valence-electron chi connectivity index (χ2n) is 6.42. The first-order valence-electron chi connectivity index (χ1n) is 8.72. The van der Waals surface area contributed by atoms with Gasteiger partial charge in [-0.1, -0.05) is 31.4 Å². The van der Waals surface area contributed by atoms with Crippen LogP contribution in [0.25, 0.3) is 16.9 Å². The first-order chi connectivity index (χ1) is 11.8. The average molecular weight is 321 g/mol. The van der Waals surface area contributed by atoms with Crippen LogP contribution in [-0.4, -0.2) is 27.5 Å². The van der Waals surface area contributed by atoms with E-state index in [2.05, 4.69) is 44.3 Å². The predicted molar refractivity (Wildman–Crippen MR) is 98.5 cm³/mol. The Morgan fingerprint density at radius 3 is 2.62 bits per heavy atom. The van der Waals surface area contributed by atoms with Gasteiger partial charge in [0.05, 0.1) is 6.20 Å². The number of hydrogen-bond acceptors (Lipinski definition) is 4. The van der Waals surface area contributed by atoms with Crippen LogP contribution in [0, 0.1) is 0 Å². The molecule has 0 aliphatic heterocycles. The van der Waals surface area contributed by atoms with Gasteiger partial charge < -0.3 is 10.6 Å². The predicted octanol–water partition coefficient (Wildman–Crippen LogP) is 4.18. The summed E-state index contributed by atoms with van der Waals surface area (Å²) in [6.07, 6.45) is 12.1. The lowest BCUT2D eigenvalue weighted by atomic mass is 9.95. The molecule has 2 aromatic heterocycles. The average Bonchev–Trinajstić information content (AvgIpc) is 3.01. The van der Waals surface area contributed by atoms with E-state index < -0.39 is 0 Å². The van der Waals surface area contributed by atoms with E-state index in [-0.39, 0.29) is 0 Å². The van der Waals surface area contributed by atoms with Gasteiger partial charge in [-0.15, -0.1) is 0 Å². The second-order valence-corrected chi connectivity index (χ2v) is 6.42. The Hall–Kier alpha value is -2.56. The zero-order valence-corrected chi connectivity index (χ0v) is 14.0. The van der Waals surface area contributed by atoms with Gasteiger partial charge in [-0.2, -0.15) is 0 Å². The normalized spacial score (nSPS) is 15.5. The van der Waals surface area contributed by atoms with Crippen molar-refractivity contribution in [3.05, 3.63) is 42.9 Å². The maximum absolute atomic E-state index is 4.82. The number of aromatic nitrogens is 3. The van der Waals surface area contributed by atoms with E-state index in [4.69, 9.17) is 4.98 Å². The summed E-state index contributed by atoms with van der Waals surface area (Å²) < 4.78 is 2.11. The summed E-state index contributed by atoms with van der Waals surface area (Å²) in [5.41, 5.74) is 4.10. The summed E-state index contributed by atoms with van der Waals surface area (Å²) in [5.74, 6) is 1.08. The molecule has 2 heterocycles. The van der Waals surface area contributed by atoms with E-state index in [0.717, 1.165) is 28.4 Å². The van der Waals surface area contributed by atoms with Crippen molar-refractivity contribution in [2.75, 3.05) is 17.7 Å². The molecule has 0 atom stereocenters. The van der Waals surface area contributed by atoms with E-state index in [0.29, 0.717) is 6.04 Å². The summed E-state index contributed by atoms with van der Waals surface area (Å²) in [7, 11) is 1.93. The number of rotatable bonds is 4. The molecular formula is C19H23N5. The Morgan fingerprint density at radius 2 is 1.88 bits per heavy atom. The van der Waals surface area contributed by atoms with Crippen molar-refractivity contribution in [3.8, 4) is 11.3 Å². The van der Waals surface area contributed by atoms with Crippen LogP contribution in [0.5, 0.6) is 0 Å². The minimum atomic E-state index is 0.530. The molecule has 1 aliphatic rings. The summed E-state index contributed by atoms with van der Waals surface area (Å²) >= 11 is 0. The molecule has 0 saturated heterocycles. The molecule has 4 rings (SSSR count). The number of nitrogens with one attached hydrogen (secondary N) is 2. The molecular weight excluding hydrogens is 298 g/mol. The fourth-order valence-corrected chi connectivity index (χ4v) is 3.48. The molecule has 1 fully saturated rings. The molecule has 1 saturated carbocycles. The van der Waals surface area contributed by atoms with E-state index in [1.165, 1.54) is 32.1 Å². The SMILES string of the molecule is CNc1ccc(-c2nc3cnccn3c2NC2CCCCC2)cc1. The number of benzene rings is 1. The highest BCUT2D eigenvalue weighted by molar-refractivity contribution is 5.77. The number of hydrogen-bond donors (Lipinski definition) is 2. The number of imidazole rings is 1. The molecule has 0 amide bonds. The van der Waals surface area contributed by atoms with Crippen molar-refractivity contribution >= 4 is 17.2 Å². The fourth-order valence-electron chi connectivity index (χ4n) is 3.48. The Bertz CT molecular complexity index is 815. The maximum atomic E-state index is 4.82. The highest BCUT2D eigenvalue weighted by Gasteiger charge is 2.19. The van der Waals surface area contributed by atoms with Gasteiger partial charge >= 0.3 is 0 Å². The Labute approximate surface area is 142 Å². The monoisotopic (exact) mass is 321 g/mol. The van der Waals surface area contributed by atoms with Crippen LogP contribution in [0.2, 0.25) is 0 Å². The van der Waals surface area contributed by atoms with Crippen molar-refractivity contribution in [1.29, 1.82) is 0 Å². The smallest absolute Gasteiger partial charge is 0.157 e. The molecule has 0 radical (unpaired) electrons. The molecule has 0 spiro atoms. The molecule has 2 N–H and O–H groups in total.